The first kappa shape index (κ1) is 17.9. The molecule has 2 heterocycles. The van der Waals surface area contributed by atoms with E-state index in [2.05, 4.69) is 31.8 Å². The van der Waals surface area contributed by atoms with Crippen LogP contribution >= 0.6 is 12.6 Å². The number of hydrogen-bond donors (Lipinski definition) is 2. The van der Waals surface area contributed by atoms with Gasteiger partial charge >= 0.3 is 0 Å². The van der Waals surface area contributed by atoms with Crippen LogP contribution in [0.5, 0.6) is 0 Å². The van der Waals surface area contributed by atoms with Gasteiger partial charge in [0.1, 0.15) is 11.8 Å². The molecule has 0 fully saturated rings. The molecule has 6 heteroatoms. The molecule has 5 nitrogen and oxygen atoms in total. The lowest BCUT2D eigenvalue weighted by molar-refractivity contribution is -0.118. The number of nitrogens with one attached hydrogen (secondary N) is 1. The number of thiol groups is 1. The fraction of sp³-hybridized carbons (Fsp3) is 0.333. The summed E-state index contributed by atoms with van der Waals surface area (Å²) in [4.78, 5) is 27.8. The van der Waals surface area contributed by atoms with Gasteiger partial charge in [0.15, 0.2) is 5.78 Å². The summed E-state index contributed by atoms with van der Waals surface area (Å²) in [5.74, 6) is 0.470. The van der Waals surface area contributed by atoms with Crippen LogP contribution in [0, 0.1) is 5.41 Å². The number of furan rings is 1. The number of amides is 1. The lowest BCUT2D eigenvalue weighted by atomic mass is 9.74. The molecule has 1 aromatic carbocycles. The molecule has 0 spiro atoms. The predicted molar refractivity (Wildman–Crippen MR) is 108 cm³/mol. The summed E-state index contributed by atoms with van der Waals surface area (Å²) in [7, 11) is 0. The number of Topliss-reactive ketones (excluding diaryl/α,β-unsaturated/α-hetero) is 1. The van der Waals surface area contributed by atoms with Gasteiger partial charge in [-0.25, -0.2) is 0 Å². The maximum absolute atomic E-state index is 13.2. The Balaban J connectivity index is 2.00. The summed E-state index contributed by atoms with van der Waals surface area (Å²) in [6, 6.07) is 10.6. The van der Waals surface area contributed by atoms with Gasteiger partial charge in [-0.15, -0.1) is 0 Å². The lowest BCUT2D eigenvalue weighted by Gasteiger charge is -2.35. The van der Waals surface area contributed by atoms with Gasteiger partial charge in [0.2, 0.25) is 5.91 Å². The van der Waals surface area contributed by atoms with Crippen LogP contribution in [0.2, 0.25) is 0 Å². The van der Waals surface area contributed by atoms with E-state index in [4.69, 9.17) is 4.42 Å². The minimum atomic E-state index is -0.602. The van der Waals surface area contributed by atoms with E-state index in [0.717, 1.165) is 23.5 Å². The second kappa shape index (κ2) is 6.60. The van der Waals surface area contributed by atoms with Crippen molar-refractivity contribution in [3.05, 3.63) is 59.7 Å². The van der Waals surface area contributed by atoms with Crippen molar-refractivity contribution in [2.75, 3.05) is 16.0 Å². The lowest BCUT2D eigenvalue weighted by Crippen LogP contribution is -2.40. The number of benzene rings is 1. The number of carbonyl (C=O) groups excluding carboxylic acids is 2. The van der Waals surface area contributed by atoms with Gasteiger partial charge in [0.25, 0.3) is 0 Å². The van der Waals surface area contributed by atoms with Crippen LogP contribution in [0.25, 0.3) is 0 Å². The van der Waals surface area contributed by atoms with Crippen molar-refractivity contribution in [2.45, 2.75) is 32.7 Å². The Morgan fingerprint density at radius 2 is 2.04 bits per heavy atom. The fourth-order valence-electron chi connectivity index (χ4n) is 4.05. The molecule has 0 radical (unpaired) electrons. The summed E-state index contributed by atoms with van der Waals surface area (Å²) in [6.07, 6.45) is 2.73. The first-order valence-electron chi connectivity index (χ1n) is 9.00. The first-order chi connectivity index (χ1) is 12.9. The quantitative estimate of drug-likeness (QED) is 0.758. The second-order valence-corrected chi connectivity index (χ2v) is 8.13. The highest BCUT2D eigenvalue weighted by Crippen LogP contribution is 2.48. The monoisotopic (exact) mass is 382 g/mol. The summed E-state index contributed by atoms with van der Waals surface area (Å²) >= 11 is 4.22. The average molecular weight is 382 g/mol. The van der Waals surface area contributed by atoms with Crippen LogP contribution in [0.1, 0.15) is 38.5 Å². The Labute approximate surface area is 163 Å². The minimum Gasteiger partial charge on any atom is -0.467 e. The molecule has 2 aliphatic rings. The van der Waals surface area contributed by atoms with Gasteiger partial charge in [0, 0.05) is 17.7 Å². The molecular formula is C21H22N2O3S. The number of fused-ring (bicyclic) bond motifs is 1. The number of allylic oxidation sites excluding steroid dienone is 1. The zero-order valence-electron chi connectivity index (χ0n) is 15.4. The highest BCUT2D eigenvalue weighted by atomic mass is 32.1. The van der Waals surface area contributed by atoms with Crippen LogP contribution < -0.4 is 10.2 Å². The molecule has 140 valence electrons. The van der Waals surface area contributed by atoms with Crippen molar-refractivity contribution in [2.24, 2.45) is 5.41 Å². The van der Waals surface area contributed by atoms with Crippen molar-refractivity contribution >= 4 is 35.7 Å². The molecule has 27 heavy (non-hydrogen) atoms. The van der Waals surface area contributed by atoms with Gasteiger partial charge in [-0.3, -0.25) is 14.5 Å². The maximum Gasteiger partial charge on any atom is 0.237 e. The summed E-state index contributed by atoms with van der Waals surface area (Å²) < 4.78 is 5.68. The van der Waals surface area contributed by atoms with Crippen molar-refractivity contribution in [1.29, 1.82) is 0 Å². The number of rotatable bonds is 2. The van der Waals surface area contributed by atoms with Crippen LogP contribution in [-0.4, -0.2) is 17.4 Å². The number of ketones is 1. The van der Waals surface area contributed by atoms with E-state index < -0.39 is 6.04 Å². The number of para-hydroxylation sites is 2. The molecule has 0 unspecified atom stereocenters. The third kappa shape index (κ3) is 3.08. The summed E-state index contributed by atoms with van der Waals surface area (Å²) in [5, 5.41) is 3.45. The average Bonchev–Trinajstić information content (AvgIpc) is 3.09. The van der Waals surface area contributed by atoms with Crippen LogP contribution in [-0.2, 0) is 9.59 Å². The van der Waals surface area contributed by atoms with E-state index in [9.17, 15) is 9.59 Å². The van der Waals surface area contributed by atoms with Gasteiger partial charge in [-0.2, -0.15) is 12.6 Å². The summed E-state index contributed by atoms with van der Waals surface area (Å²) in [5.41, 5.74) is 2.85. The van der Waals surface area contributed by atoms with E-state index in [-0.39, 0.29) is 22.9 Å². The molecule has 1 aliphatic heterocycles. The van der Waals surface area contributed by atoms with E-state index in [1.54, 1.807) is 17.2 Å². The van der Waals surface area contributed by atoms with Gasteiger partial charge < -0.3 is 9.73 Å². The Hall–Kier alpha value is -2.47. The Kier molecular flexibility index (Phi) is 4.38. The molecule has 2 aromatic rings. The smallest absolute Gasteiger partial charge is 0.237 e. The molecule has 1 aliphatic carbocycles. The first-order valence-corrected chi connectivity index (χ1v) is 9.63. The normalized spacial score (nSPS) is 21.2. The Morgan fingerprint density at radius 1 is 1.26 bits per heavy atom. The second-order valence-electron chi connectivity index (χ2n) is 7.82. The van der Waals surface area contributed by atoms with Crippen LogP contribution in [0.3, 0.4) is 0 Å². The van der Waals surface area contributed by atoms with Gasteiger partial charge in [-0.1, -0.05) is 26.0 Å². The number of hydrogen-bond acceptors (Lipinski definition) is 5. The van der Waals surface area contributed by atoms with Crippen LogP contribution in [0.4, 0.5) is 11.4 Å². The summed E-state index contributed by atoms with van der Waals surface area (Å²) in [6.45, 7) is 4.18. The molecular weight excluding hydrogens is 360 g/mol. The van der Waals surface area contributed by atoms with Gasteiger partial charge in [-0.05, 0) is 36.1 Å². The largest absolute Gasteiger partial charge is 0.467 e. The Bertz CT molecular complexity index is 931. The van der Waals surface area contributed by atoms with Gasteiger partial charge in [0.05, 0.1) is 23.4 Å². The van der Waals surface area contributed by atoms with Crippen molar-refractivity contribution in [3.63, 3.8) is 0 Å². The fourth-order valence-corrected chi connectivity index (χ4v) is 4.21. The zero-order chi connectivity index (χ0) is 19.2. The molecule has 4 rings (SSSR count). The molecule has 0 saturated heterocycles. The van der Waals surface area contributed by atoms with E-state index >= 15 is 0 Å². The molecule has 0 saturated carbocycles. The molecule has 0 bridgehead atoms. The molecule has 1 N–H and O–H groups in total. The third-order valence-corrected chi connectivity index (χ3v) is 5.39. The van der Waals surface area contributed by atoms with E-state index in [0.29, 0.717) is 17.8 Å². The van der Waals surface area contributed by atoms with Crippen molar-refractivity contribution in [3.8, 4) is 0 Å². The van der Waals surface area contributed by atoms with E-state index in [1.807, 2.05) is 30.3 Å². The van der Waals surface area contributed by atoms with Crippen LogP contribution in [0.15, 0.2) is 58.3 Å². The third-order valence-electron chi connectivity index (χ3n) is 5.12. The van der Waals surface area contributed by atoms with Crippen molar-refractivity contribution < 1.29 is 14.0 Å². The topological polar surface area (TPSA) is 62.6 Å². The standard InChI is InChI=1S/C21H22N2O3S/c1-21(2)10-14-19(16(24)11-21)20(17-8-5-9-26-17)23(18(25)12-27)15-7-4-3-6-13(15)22-14/h3-9,20,22,27H,10-12H2,1-2H3/t20-/m0/s1. The number of carbonyl (C=O) groups is 2. The number of anilines is 2. The highest BCUT2D eigenvalue weighted by molar-refractivity contribution is 7.81. The number of nitrogens with zero attached hydrogens (tertiary/aromatic N) is 1. The molecule has 1 amide bonds. The minimum absolute atomic E-state index is 0.0356. The highest BCUT2D eigenvalue weighted by Gasteiger charge is 2.43. The maximum atomic E-state index is 13.2. The predicted octanol–water partition coefficient (Wildman–Crippen LogP) is 4.35. The SMILES string of the molecule is CC1(C)CC(=O)C2=C(C1)Nc1ccccc1N(C(=O)CS)[C@H]2c1ccco1. The molecule has 1 aromatic heterocycles. The Morgan fingerprint density at radius 3 is 2.74 bits per heavy atom. The van der Waals surface area contributed by atoms with Crippen molar-refractivity contribution in [1.82, 2.24) is 0 Å². The zero-order valence-corrected chi connectivity index (χ0v) is 16.3. The van der Waals surface area contributed by atoms with E-state index in [1.165, 1.54) is 0 Å². The molecule has 1 atom stereocenters.